The summed E-state index contributed by atoms with van der Waals surface area (Å²) in [5, 5.41) is 2.98. The number of halogens is 1. The second kappa shape index (κ2) is 12.8. The van der Waals surface area contributed by atoms with Crippen LogP contribution in [0.25, 0.3) is 0 Å². The van der Waals surface area contributed by atoms with Gasteiger partial charge in [0.15, 0.2) is 0 Å². The van der Waals surface area contributed by atoms with Crippen molar-refractivity contribution < 1.29 is 14.3 Å². The standard InChI is InChI=1S/C21H33N3O3.ClH/c1-16(2)27-14-6-11-23-20(25)18-9-12-24(13-10-18)21(26)19(22)15-17-7-4-3-5-8-17;/h3-5,7-8,16,18-19H,6,9-15,22H2,1-2H3,(H,23,25);1H/t19-;/m0./s1. The van der Waals surface area contributed by atoms with Crippen LogP contribution >= 0.6 is 12.4 Å². The lowest BCUT2D eigenvalue weighted by Crippen LogP contribution is -2.49. The molecule has 2 amide bonds. The number of hydrogen-bond acceptors (Lipinski definition) is 4. The van der Waals surface area contributed by atoms with E-state index in [9.17, 15) is 9.59 Å². The minimum Gasteiger partial charge on any atom is -0.379 e. The Bertz CT molecular complexity index is 590. The summed E-state index contributed by atoms with van der Waals surface area (Å²) in [5.74, 6) is 0.0363. The van der Waals surface area contributed by atoms with E-state index in [1.54, 1.807) is 4.90 Å². The molecule has 0 radical (unpaired) electrons. The second-order valence-corrected chi connectivity index (χ2v) is 7.46. The minimum atomic E-state index is -0.529. The van der Waals surface area contributed by atoms with E-state index in [-0.39, 0.29) is 36.2 Å². The Morgan fingerprint density at radius 3 is 2.46 bits per heavy atom. The van der Waals surface area contributed by atoms with Crippen LogP contribution in [0.15, 0.2) is 30.3 Å². The first-order valence-electron chi connectivity index (χ1n) is 9.95. The molecule has 0 unspecified atom stereocenters. The smallest absolute Gasteiger partial charge is 0.239 e. The van der Waals surface area contributed by atoms with Crippen LogP contribution in [0, 0.1) is 5.92 Å². The molecule has 1 aromatic rings. The first kappa shape index (κ1) is 24.4. The molecule has 0 aromatic heterocycles. The Kier molecular flexibility index (Phi) is 11.1. The van der Waals surface area contributed by atoms with Gasteiger partial charge in [-0.15, -0.1) is 12.4 Å². The largest absolute Gasteiger partial charge is 0.379 e. The van der Waals surface area contributed by atoms with Crippen molar-refractivity contribution >= 4 is 24.2 Å². The van der Waals surface area contributed by atoms with E-state index in [2.05, 4.69) is 5.32 Å². The maximum Gasteiger partial charge on any atom is 0.239 e. The molecule has 28 heavy (non-hydrogen) atoms. The van der Waals surface area contributed by atoms with Gasteiger partial charge in [0.25, 0.3) is 0 Å². The molecule has 2 rings (SSSR count). The molecular weight excluding hydrogens is 378 g/mol. The van der Waals surface area contributed by atoms with Crippen molar-refractivity contribution in [3.63, 3.8) is 0 Å². The van der Waals surface area contributed by atoms with Crippen LogP contribution in [0.2, 0.25) is 0 Å². The fraction of sp³-hybridized carbons (Fsp3) is 0.619. The third kappa shape index (κ3) is 8.17. The molecule has 0 bridgehead atoms. The number of carbonyl (C=O) groups excluding carboxylic acids is 2. The zero-order chi connectivity index (χ0) is 19.6. The van der Waals surface area contributed by atoms with E-state index >= 15 is 0 Å². The average molecular weight is 412 g/mol. The summed E-state index contributed by atoms with van der Waals surface area (Å²) >= 11 is 0. The maximum absolute atomic E-state index is 12.6. The molecule has 1 atom stereocenters. The van der Waals surface area contributed by atoms with Gasteiger partial charge in [-0.25, -0.2) is 0 Å². The van der Waals surface area contributed by atoms with Gasteiger partial charge >= 0.3 is 0 Å². The zero-order valence-corrected chi connectivity index (χ0v) is 17.7. The van der Waals surface area contributed by atoms with Crippen molar-refractivity contribution in [1.29, 1.82) is 0 Å². The first-order valence-corrected chi connectivity index (χ1v) is 9.95. The molecule has 1 aliphatic rings. The van der Waals surface area contributed by atoms with Crippen LogP contribution in [0.4, 0.5) is 0 Å². The fourth-order valence-corrected chi connectivity index (χ4v) is 3.30. The van der Waals surface area contributed by atoms with E-state index < -0.39 is 6.04 Å². The second-order valence-electron chi connectivity index (χ2n) is 7.46. The predicted molar refractivity (Wildman–Crippen MR) is 113 cm³/mol. The monoisotopic (exact) mass is 411 g/mol. The first-order chi connectivity index (χ1) is 13.0. The van der Waals surface area contributed by atoms with E-state index in [0.717, 1.165) is 12.0 Å². The Hall–Kier alpha value is -1.63. The van der Waals surface area contributed by atoms with Crippen LogP contribution in [0.3, 0.4) is 0 Å². The number of hydrogen-bond donors (Lipinski definition) is 2. The summed E-state index contributed by atoms with van der Waals surface area (Å²) in [6.45, 7) is 6.47. The molecule has 1 saturated heterocycles. The van der Waals surface area contributed by atoms with Gasteiger partial charge < -0.3 is 20.7 Å². The lowest BCUT2D eigenvalue weighted by Gasteiger charge is -2.33. The molecule has 6 nitrogen and oxygen atoms in total. The summed E-state index contributed by atoms with van der Waals surface area (Å²) in [6, 6.07) is 9.28. The summed E-state index contributed by atoms with van der Waals surface area (Å²) in [7, 11) is 0. The highest BCUT2D eigenvalue weighted by molar-refractivity contribution is 5.85. The summed E-state index contributed by atoms with van der Waals surface area (Å²) in [5.41, 5.74) is 7.17. The summed E-state index contributed by atoms with van der Waals surface area (Å²) in [6.07, 6.45) is 2.96. The number of ether oxygens (including phenoxy) is 1. The zero-order valence-electron chi connectivity index (χ0n) is 16.9. The Labute approximate surface area is 174 Å². The molecule has 1 heterocycles. The van der Waals surface area contributed by atoms with Crippen LogP contribution in [0.1, 0.15) is 38.7 Å². The highest BCUT2D eigenvalue weighted by Crippen LogP contribution is 2.18. The van der Waals surface area contributed by atoms with E-state index in [4.69, 9.17) is 10.5 Å². The molecule has 1 fully saturated rings. The summed E-state index contributed by atoms with van der Waals surface area (Å²) in [4.78, 5) is 26.6. The fourth-order valence-electron chi connectivity index (χ4n) is 3.30. The van der Waals surface area contributed by atoms with Crippen LogP contribution in [-0.4, -0.2) is 55.1 Å². The number of carbonyl (C=O) groups is 2. The highest BCUT2D eigenvalue weighted by Gasteiger charge is 2.29. The lowest BCUT2D eigenvalue weighted by molar-refractivity contribution is -0.136. The molecule has 0 spiro atoms. The van der Waals surface area contributed by atoms with Crippen molar-refractivity contribution in [1.82, 2.24) is 10.2 Å². The van der Waals surface area contributed by atoms with Gasteiger partial charge in [-0.3, -0.25) is 9.59 Å². The quantitative estimate of drug-likeness (QED) is 0.610. The van der Waals surface area contributed by atoms with E-state index in [1.807, 2.05) is 44.2 Å². The molecule has 3 N–H and O–H groups in total. The van der Waals surface area contributed by atoms with Gasteiger partial charge in [0.05, 0.1) is 12.1 Å². The normalized spacial score (nSPS) is 15.8. The Morgan fingerprint density at radius 2 is 1.86 bits per heavy atom. The third-order valence-electron chi connectivity index (χ3n) is 4.86. The van der Waals surface area contributed by atoms with Gasteiger partial charge in [-0.05, 0) is 45.1 Å². The lowest BCUT2D eigenvalue weighted by atomic mass is 9.95. The molecule has 0 aliphatic carbocycles. The van der Waals surface area contributed by atoms with Crippen molar-refractivity contribution in [2.75, 3.05) is 26.2 Å². The van der Waals surface area contributed by atoms with Gasteiger partial charge in [0.1, 0.15) is 0 Å². The van der Waals surface area contributed by atoms with Gasteiger partial charge in [-0.2, -0.15) is 0 Å². The number of rotatable bonds is 9. The number of nitrogens with two attached hydrogens (primary N) is 1. The number of nitrogens with one attached hydrogen (secondary N) is 1. The maximum atomic E-state index is 12.6. The third-order valence-corrected chi connectivity index (χ3v) is 4.86. The Morgan fingerprint density at radius 1 is 1.21 bits per heavy atom. The molecular formula is C21H34ClN3O3. The topological polar surface area (TPSA) is 84.7 Å². The van der Waals surface area contributed by atoms with Crippen molar-refractivity contribution in [3.8, 4) is 0 Å². The molecule has 0 saturated carbocycles. The SMILES string of the molecule is CC(C)OCCCNC(=O)C1CCN(C(=O)[C@@H](N)Cc2ccccc2)CC1.Cl. The predicted octanol–water partition coefficient (Wildman–Crippen LogP) is 2.15. The number of amides is 2. The van der Waals surface area contributed by atoms with Crippen molar-refractivity contribution in [3.05, 3.63) is 35.9 Å². The number of piperidine rings is 1. The van der Waals surface area contributed by atoms with Crippen LogP contribution < -0.4 is 11.1 Å². The van der Waals surface area contributed by atoms with Crippen molar-refractivity contribution in [2.45, 2.75) is 51.7 Å². The van der Waals surface area contributed by atoms with Crippen LogP contribution in [0.5, 0.6) is 0 Å². The molecule has 7 heteroatoms. The van der Waals surface area contributed by atoms with Crippen LogP contribution in [-0.2, 0) is 20.7 Å². The van der Waals surface area contributed by atoms with Gasteiger partial charge in [0, 0.05) is 32.2 Å². The van der Waals surface area contributed by atoms with Crippen molar-refractivity contribution in [2.24, 2.45) is 11.7 Å². The van der Waals surface area contributed by atoms with E-state index in [0.29, 0.717) is 45.5 Å². The highest BCUT2D eigenvalue weighted by atomic mass is 35.5. The molecule has 1 aliphatic heterocycles. The Balaban J connectivity index is 0.00000392. The number of likely N-dealkylation sites (tertiary alicyclic amines) is 1. The minimum absolute atomic E-state index is 0. The molecule has 158 valence electrons. The average Bonchev–Trinajstić information content (AvgIpc) is 2.67. The van der Waals surface area contributed by atoms with Gasteiger partial charge in [0.2, 0.25) is 11.8 Å². The van der Waals surface area contributed by atoms with Gasteiger partial charge in [-0.1, -0.05) is 30.3 Å². The van der Waals surface area contributed by atoms with E-state index in [1.165, 1.54) is 0 Å². The number of nitrogens with zero attached hydrogens (tertiary/aromatic N) is 1. The summed E-state index contributed by atoms with van der Waals surface area (Å²) < 4.78 is 5.47. The number of benzene rings is 1. The molecule has 1 aromatic carbocycles.